The fraction of sp³-hybridized carbons (Fsp3) is 0.619. The molecule has 1 aromatic rings. The number of likely N-dealkylation sites (tertiary alicyclic amines) is 1. The Balaban J connectivity index is 1.65. The van der Waals surface area contributed by atoms with Crippen molar-refractivity contribution in [2.24, 2.45) is 5.41 Å². The summed E-state index contributed by atoms with van der Waals surface area (Å²) in [6, 6.07) is 9.63. The van der Waals surface area contributed by atoms with Crippen LogP contribution in [0.15, 0.2) is 30.3 Å². The molecule has 1 aliphatic carbocycles. The van der Waals surface area contributed by atoms with Crippen LogP contribution < -0.4 is 5.32 Å². The highest BCUT2D eigenvalue weighted by atomic mass is 16.4. The Morgan fingerprint density at radius 1 is 1.11 bits per heavy atom. The zero-order chi connectivity index (χ0) is 19.3. The van der Waals surface area contributed by atoms with Gasteiger partial charge in [0.05, 0.1) is 12.6 Å². The number of carboxylic acids is 1. The van der Waals surface area contributed by atoms with Crippen LogP contribution in [0.25, 0.3) is 0 Å². The zero-order valence-electron chi connectivity index (χ0n) is 15.8. The lowest BCUT2D eigenvalue weighted by atomic mass is 9.73. The topological polar surface area (TPSA) is 89.9 Å². The van der Waals surface area contributed by atoms with Crippen molar-refractivity contribution < 1.29 is 19.8 Å². The molecule has 0 unspecified atom stereocenters. The number of amides is 1. The van der Waals surface area contributed by atoms with E-state index in [1.807, 2.05) is 35.2 Å². The van der Waals surface area contributed by atoms with Crippen LogP contribution in [-0.2, 0) is 16.0 Å². The summed E-state index contributed by atoms with van der Waals surface area (Å²) in [5.74, 6) is -1.05. The molecule has 1 aromatic carbocycles. The van der Waals surface area contributed by atoms with Gasteiger partial charge >= 0.3 is 5.97 Å². The summed E-state index contributed by atoms with van der Waals surface area (Å²) in [7, 11) is 0. The molecule has 1 saturated carbocycles. The number of rotatable bonds is 6. The van der Waals surface area contributed by atoms with Gasteiger partial charge in [-0.05, 0) is 31.2 Å². The number of aliphatic carboxylic acids is 1. The molecule has 2 atom stereocenters. The third-order valence-corrected chi connectivity index (χ3v) is 5.99. The maximum absolute atomic E-state index is 12.4. The first-order chi connectivity index (χ1) is 13.0. The second-order valence-electron chi connectivity index (χ2n) is 8.04. The van der Waals surface area contributed by atoms with E-state index in [2.05, 4.69) is 5.32 Å². The lowest BCUT2D eigenvalue weighted by Crippen LogP contribution is -2.58. The van der Waals surface area contributed by atoms with Gasteiger partial charge < -0.3 is 15.5 Å². The summed E-state index contributed by atoms with van der Waals surface area (Å²) < 4.78 is 0. The monoisotopic (exact) mass is 374 g/mol. The Kier molecular flexibility index (Phi) is 6.50. The number of aliphatic hydroxyl groups excluding tert-OH is 1. The number of carbonyl (C=O) groups is 2. The predicted octanol–water partition coefficient (Wildman–Crippen LogP) is 1.82. The van der Waals surface area contributed by atoms with Gasteiger partial charge in [0.15, 0.2) is 0 Å². The molecular formula is C21H30N2O4. The van der Waals surface area contributed by atoms with Crippen LogP contribution >= 0.6 is 0 Å². The van der Waals surface area contributed by atoms with E-state index in [1.54, 1.807) is 0 Å². The number of nitrogens with zero attached hydrogens (tertiary/aromatic N) is 1. The highest BCUT2D eigenvalue weighted by Crippen LogP contribution is 2.34. The van der Waals surface area contributed by atoms with Gasteiger partial charge in [-0.25, -0.2) is 0 Å². The number of piperidine rings is 1. The van der Waals surface area contributed by atoms with Crippen molar-refractivity contribution in [3.8, 4) is 0 Å². The molecule has 3 rings (SSSR count). The number of hydrogen-bond acceptors (Lipinski definition) is 4. The maximum Gasteiger partial charge on any atom is 0.313 e. The molecule has 1 saturated heterocycles. The number of nitrogens with one attached hydrogen (secondary N) is 1. The van der Waals surface area contributed by atoms with Crippen molar-refractivity contribution in [1.29, 1.82) is 0 Å². The van der Waals surface area contributed by atoms with Crippen LogP contribution in [0.2, 0.25) is 0 Å². The minimum atomic E-state index is -1.29. The third kappa shape index (κ3) is 4.87. The average molecular weight is 374 g/mol. The molecule has 6 nitrogen and oxygen atoms in total. The second kappa shape index (κ2) is 8.85. The third-order valence-electron chi connectivity index (χ3n) is 5.99. The summed E-state index contributed by atoms with van der Waals surface area (Å²) in [5, 5.41) is 23.6. The van der Waals surface area contributed by atoms with E-state index in [0.717, 1.165) is 31.2 Å². The van der Waals surface area contributed by atoms with Gasteiger partial charge in [-0.2, -0.15) is 0 Å². The first-order valence-electron chi connectivity index (χ1n) is 9.97. The second-order valence-corrected chi connectivity index (χ2v) is 8.04. The quantitative estimate of drug-likeness (QED) is 0.707. The Morgan fingerprint density at radius 3 is 2.48 bits per heavy atom. The molecule has 2 fully saturated rings. The van der Waals surface area contributed by atoms with E-state index in [9.17, 15) is 19.8 Å². The van der Waals surface area contributed by atoms with E-state index >= 15 is 0 Å². The first-order valence-corrected chi connectivity index (χ1v) is 9.97. The smallest absolute Gasteiger partial charge is 0.313 e. The molecule has 1 amide bonds. The van der Waals surface area contributed by atoms with Crippen LogP contribution in [0, 0.1) is 5.41 Å². The molecule has 6 heteroatoms. The van der Waals surface area contributed by atoms with E-state index in [-0.39, 0.29) is 31.5 Å². The Morgan fingerprint density at radius 2 is 1.81 bits per heavy atom. The summed E-state index contributed by atoms with van der Waals surface area (Å²) in [5.41, 5.74) is -0.405. The Labute approximate surface area is 160 Å². The van der Waals surface area contributed by atoms with Crippen molar-refractivity contribution in [3.63, 3.8) is 0 Å². The molecule has 3 N–H and O–H groups in total. The van der Waals surface area contributed by atoms with Gasteiger partial charge in [-0.1, -0.05) is 49.6 Å². The molecule has 0 radical (unpaired) electrons. The number of hydrogen-bond donors (Lipinski definition) is 3. The van der Waals surface area contributed by atoms with Crippen LogP contribution in [-0.4, -0.2) is 58.8 Å². The Hall–Kier alpha value is -1.92. The number of aliphatic hydroxyl groups is 1. The molecule has 1 heterocycles. The summed E-state index contributed by atoms with van der Waals surface area (Å²) in [6.45, 7) is 0.895. The van der Waals surface area contributed by atoms with Crippen LogP contribution in [0.4, 0.5) is 0 Å². The summed E-state index contributed by atoms with van der Waals surface area (Å²) >= 11 is 0. The lowest BCUT2D eigenvalue weighted by Gasteiger charge is -2.43. The average Bonchev–Trinajstić information content (AvgIpc) is 2.66. The molecule has 0 aromatic heterocycles. The first kappa shape index (κ1) is 19.8. The molecule has 2 aliphatic rings. The van der Waals surface area contributed by atoms with Crippen molar-refractivity contribution in [3.05, 3.63) is 35.9 Å². The van der Waals surface area contributed by atoms with Gasteiger partial charge in [0.2, 0.25) is 5.91 Å². The summed E-state index contributed by atoms with van der Waals surface area (Å²) in [6.07, 6.45) is 5.28. The zero-order valence-corrected chi connectivity index (χ0v) is 15.8. The van der Waals surface area contributed by atoms with Crippen molar-refractivity contribution in [2.45, 2.75) is 57.1 Å². The van der Waals surface area contributed by atoms with Gasteiger partial charge in [0, 0.05) is 19.1 Å². The van der Waals surface area contributed by atoms with Crippen LogP contribution in [0.3, 0.4) is 0 Å². The standard InChI is InChI=1S/C21H30N2O4/c24-18-11-12-23(14-19(25)22-17-9-5-2-6-10-17)15-21(18,20(26)27)13-16-7-3-1-4-8-16/h1,3-4,7-8,17-18,24H,2,5-6,9-15H2,(H,22,25)(H,26,27)/t18-,21-/m0/s1. The van der Waals surface area contributed by atoms with Crippen molar-refractivity contribution in [1.82, 2.24) is 10.2 Å². The van der Waals surface area contributed by atoms with Crippen LogP contribution in [0.1, 0.15) is 44.1 Å². The number of carboxylic acid groups (broad SMARTS) is 1. The van der Waals surface area contributed by atoms with Crippen molar-refractivity contribution in [2.75, 3.05) is 19.6 Å². The van der Waals surface area contributed by atoms with E-state index in [4.69, 9.17) is 0 Å². The van der Waals surface area contributed by atoms with E-state index in [0.29, 0.717) is 13.0 Å². The highest BCUT2D eigenvalue weighted by Gasteiger charge is 2.49. The Bertz CT molecular complexity index is 645. The molecule has 148 valence electrons. The lowest BCUT2D eigenvalue weighted by molar-refractivity contribution is -0.164. The van der Waals surface area contributed by atoms with E-state index < -0.39 is 17.5 Å². The fourth-order valence-electron chi connectivity index (χ4n) is 4.44. The molecule has 0 bridgehead atoms. The number of carbonyl (C=O) groups excluding carboxylic acids is 1. The molecular weight excluding hydrogens is 344 g/mol. The normalized spacial score (nSPS) is 27.2. The molecule has 27 heavy (non-hydrogen) atoms. The minimum absolute atomic E-state index is 0.0442. The van der Waals surface area contributed by atoms with Crippen LogP contribution in [0.5, 0.6) is 0 Å². The van der Waals surface area contributed by atoms with Crippen molar-refractivity contribution >= 4 is 11.9 Å². The van der Waals surface area contributed by atoms with Gasteiger partial charge in [0.25, 0.3) is 0 Å². The van der Waals surface area contributed by atoms with Gasteiger partial charge in [-0.15, -0.1) is 0 Å². The van der Waals surface area contributed by atoms with E-state index in [1.165, 1.54) is 6.42 Å². The summed E-state index contributed by atoms with van der Waals surface area (Å²) in [4.78, 5) is 26.5. The van der Waals surface area contributed by atoms with Gasteiger partial charge in [-0.3, -0.25) is 14.5 Å². The van der Waals surface area contributed by atoms with Gasteiger partial charge in [0.1, 0.15) is 5.41 Å². The predicted molar refractivity (Wildman–Crippen MR) is 102 cm³/mol. The maximum atomic E-state index is 12.4. The number of benzene rings is 1. The highest BCUT2D eigenvalue weighted by molar-refractivity contribution is 5.79. The fourth-order valence-corrected chi connectivity index (χ4v) is 4.44. The largest absolute Gasteiger partial charge is 0.481 e. The molecule has 1 aliphatic heterocycles. The molecule has 0 spiro atoms. The SMILES string of the molecule is O=C(CN1CC[C@H](O)[C@@](Cc2ccccc2)(C(=O)O)C1)NC1CCCCC1. The minimum Gasteiger partial charge on any atom is -0.481 e.